The predicted octanol–water partition coefficient (Wildman–Crippen LogP) is 2.61. The lowest BCUT2D eigenvalue weighted by Gasteiger charge is -2.25. The number of carbonyl (C=O) groups is 1. The third-order valence-corrected chi connectivity index (χ3v) is 6.00. The highest BCUT2D eigenvalue weighted by Crippen LogP contribution is 2.17. The predicted molar refractivity (Wildman–Crippen MR) is 124 cm³/mol. The van der Waals surface area contributed by atoms with Crippen molar-refractivity contribution in [1.29, 1.82) is 0 Å². The van der Waals surface area contributed by atoms with Crippen LogP contribution in [-0.2, 0) is 26.1 Å². The smallest absolute Gasteiger partial charge is 0.287 e. The van der Waals surface area contributed by atoms with Crippen LogP contribution in [0.25, 0.3) is 5.69 Å². The molecule has 34 heavy (non-hydrogen) atoms. The number of carbonyl (C=O) groups excluding carboxylic acids is 1. The van der Waals surface area contributed by atoms with Gasteiger partial charge in [-0.05, 0) is 49.7 Å². The maximum Gasteiger partial charge on any atom is 0.287 e. The van der Waals surface area contributed by atoms with Crippen LogP contribution in [0.1, 0.15) is 46.8 Å². The number of nitrogens with zero attached hydrogens (tertiary/aromatic N) is 7. The zero-order valence-corrected chi connectivity index (χ0v) is 19.0. The number of nitrogens with one attached hydrogen (secondary N) is 1. The molecule has 0 unspecified atom stereocenters. The zero-order valence-electron chi connectivity index (χ0n) is 19.0. The van der Waals surface area contributed by atoms with Crippen molar-refractivity contribution in [2.45, 2.75) is 45.3 Å². The van der Waals surface area contributed by atoms with Crippen molar-refractivity contribution in [1.82, 2.24) is 40.0 Å². The Kier molecular flexibility index (Phi) is 6.76. The van der Waals surface area contributed by atoms with Gasteiger partial charge in [0.05, 0.1) is 24.1 Å². The maximum absolute atomic E-state index is 12.7. The van der Waals surface area contributed by atoms with Crippen molar-refractivity contribution in [3.63, 3.8) is 0 Å². The number of rotatable bonds is 9. The first-order valence-electron chi connectivity index (χ1n) is 11.7. The summed E-state index contributed by atoms with van der Waals surface area (Å²) in [7, 11) is 0. The molecule has 1 fully saturated rings. The molecule has 10 heteroatoms. The van der Waals surface area contributed by atoms with Gasteiger partial charge in [0, 0.05) is 19.5 Å². The molecule has 1 aliphatic rings. The van der Waals surface area contributed by atoms with E-state index < -0.39 is 0 Å². The SMILES string of the molecule is O=C(NCc1ccccc1-n1cc(CCn2cncn2)nn1)c1ccc(CN2CCCCC2)o1. The van der Waals surface area contributed by atoms with E-state index in [2.05, 4.69) is 30.6 Å². The van der Waals surface area contributed by atoms with E-state index >= 15 is 0 Å². The van der Waals surface area contributed by atoms with E-state index in [4.69, 9.17) is 4.42 Å². The molecule has 0 spiro atoms. The molecule has 1 amide bonds. The fourth-order valence-electron chi connectivity index (χ4n) is 4.18. The lowest BCUT2D eigenvalue weighted by Crippen LogP contribution is -2.28. The molecule has 0 atom stereocenters. The van der Waals surface area contributed by atoms with Crippen LogP contribution in [0.15, 0.2) is 59.7 Å². The van der Waals surface area contributed by atoms with E-state index in [0.29, 0.717) is 25.3 Å². The van der Waals surface area contributed by atoms with E-state index in [1.54, 1.807) is 21.8 Å². The average molecular weight is 461 g/mol. The Morgan fingerprint density at radius 1 is 1.09 bits per heavy atom. The van der Waals surface area contributed by atoms with Crippen LogP contribution in [0.4, 0.5) is 0 Å². The number of benzene rings is 1. The van der Waals surface area contributed by atoms with Gasteiger partial charge < -0.3 is 9.73 Å². The number of furan rings is 1. The summed E-state index contributed by atoms with van der Waals surface area (Å²) in [6, 6.07) is 11.5. The molecular formula is C24H28N8O2. The second kappa shape index (κ2) is 10.4. The standard InChI is InChI=1S/C24H28N8O2/c33-24(23-9-8-21(34-23)16-30-11-4-1-5-12-30)26-14-19-6-2-3-7-22(19)32-15-20(28-29-32)10-13-31-18-25-17-27-31/h2-3,6-9,15,17-18H,1,4-5,10-14,16H2,(H,26,33). The van der Waals surface area contributed by atoms with Crippen LogP contribution in [0.5, 0.6) is 0 Å². The molecule has 1 aromatic carbocycles. The largest absolute Gasteiger partial charge is 0.455 e. The highest BCUT2D eigenvalue weighted by molar-refractivity contribution is 5.91. The van der Waals surface area contributed by atoms with E-state index in [1.165, 1.54) is 25.6 Å². The second-order valence-corrected chi connectivity index (χ2v) is 8.48. The highest BCUT2D eigenvalue weighted by atomic mass is 16.4. The Morgan fingerprint density at radius 3 is 2.82 bits per heavy atom. The molecular weight excluding hydrogens is 432 g/mol. The number of aryl methyl sites for hydroxylation is 2. The summed E-state index contributed by atoms with van der Waals surface area (Å²) < 4.78 is 9.32. The van der Waals surface area contributed by atoms with E-state index in [1.807, 2.05) is 36.5 Å². The molecule has 176 valence electrons. The van der Waals surface area contributed by atoms with Crippen molar-refractivity contribution in [2.24, 2.45) is 0 Å². The van der Waals surface area contributed by atoms with Crippen LogP contribution in [0, 0.1) is 0 Å². The Labute approximate surface area is 197 Å². The van der Waals surface area contributed by atoms with Crippen LogP contribution in [0.3, 0.4) is 0 Å². The van der Waals surface area contributed by atoms with Crippen LogP contribution >= 0.6 is 0 Å². The Hall–Kier alpha value is -3.79. The quantitative estimate of drug-likeness (QED) is 0.409. The minimum Gasteiger partial charge on any atom is -0.455 e. The van der Waals surface area contributed by atoms with Crippen molar-refractivity contribution >= 4 is 5.91 Å². The van der Waals surface area contributed by atoms with Gasteiger partial charge in [0.2, 0.25) is 0 Å². The Morgan fingerprint density at radius 2 is 1.97 bits per heavy atom. The first-order valence-corrected chi connectivity index (χ1v) is 11.7. The molecule has 4 heterocycles. The van der Waals surface area contributed by atoms with Gasteiger partial charge in [0.1, 0.15) is 18.4 Å². The van der Waals surface area contributed by atoms with Gasteiger partial charge in [-0.3, -0.25) is 14.4 Å². The Balaban J connectivity index is 1.19. The number of hydrogen-bond donors (Lipinski definition) is 1. The molecule has 4 aromatic rings. The van der Waals surface area contributed by atoms with Crippen molar-refractivity contribution in [3.05, 3.63) is 78.0 Å². The van der Waals surface area contributed by atoms with Gasteiger partial charge in [-0.25, -0.2) is 9.67 Å². The minimum atomic E-state index is -0.230. The summed E-state index contributed by atoms with van der Waals surface area (Å²) in [6.07, 6.45) is 9.53. The summed E-state index contributed by atoms with van der Waals surface area (Å²) in [5.41, 5.74) is 2.65. The van der Waals surface area contributed by atoms with Gasteiger partial charge in [-0.1, -0.05) is 29.8 Å². The molecule has 0 bridgehead atoms. The van der Waals surface area contributed by atoms with E-state index in [-0.39, 0.29) is 5.91 Å². The van der Waals surface area contributed by atoms with Gasteiger partial charge in [0.25, 0.3) is 5.91 Å². The molecule has 3 aromatic heterocycles. The first kappa shape index (κ1) is 22.0. The zero-order chi connectivity index (χ0) is 23.2. The molecule has 10 nitrogen and oxygen atoms in total. The normalized spacial score (nSPS) is 14.4. The van der Waals surface area contributed by atoms with Gasteiger partial charge >= 0.3 is 0 Å². The highest BCUT2D eigenvalue weighted by Gasteiger charge is 2.16. The number of hydrogen-bond acceptors (Lipinski definition) is 7. The number of likely N-dealkylation sites (tertiary alicyclic amines) is 1. The second-order valence-electron chi connectivity index (χ2n) is 8.48. The molecule has 1 aliphatic heterocycles. The third kappa shape index (κ3) is 5.40. The lowest BCUT2D eigenvalue weighted by atomic mass is 10.1. The topological polar surface area (TPSA) is 107 Å². The van der Waals surface area contributed by atoms with E-state index in [0.717, 1.165) is 42.3 Å². The fraction of sp³-hybridized carbons (Fsp3) is 0.375. The summed E-state index contributed by atoms with van der Waals surface area (Å²) in [4.78, 5) is 19.0. The lowest BCUT2D eigenvalue weighted by molar-refractivity contribution is 0.0918. The maximum atomic E-state index is 12.7. The van der Waals surface area contributed by atoms with Crippen molar-refractivity contribution in [3.8, 4) is 5.69 Å². The summed E-state index contributed by atoms with van der Waals surface area (Å²) in [5, 5.41) is 15.6. The van der Waals surface area contributed by atoms with Crippen LogP contribution < -0.4 is 5.32 Å². The molecule has 1 saturated heterocycles. The van der Waals surface area contributed by atoms with Crippen LogP contribution in [0.2, 0.25) is 0 Å². The molecule has 1 N–H and O–H groups in total. The minimum absolute atomic E-state index is 0.230. The third-order valence-electron chi connectivity index (χ3n) is 6.00. The number of para-hydroxylation sites is 1. The fourth-order valence-corrected chi connectivity index (χ4v) is 4.18. The molecule has 0 aliphatic carbocycles. The summed E-state index contributed by atoms with van der Waals surface area (Å²) in [5.74, 6) is 0.931. The van der Waals surface area contributed by atoms with Gasteiger partial charge in [-0.15, -0.1) is 5.10 Å². The van der Waals surface area contributed by atoms with Gasteiger partial charge in [-0.2, -0.15) is 5.10 Å². The number of aromatic nitrogens is 6. The Bertz CT molecular complexity index is 1210. The molecule has 0 saturated carbocycles. The molecule has 0 radical (unpaired) electrons. The number of amides is 1. The van der Waals surface area contributed by atoms with E-state index in [9.17, 15) is 4.79 Å². The van der Waals surface area contributed by atoms with Crippen LogP contribution in [-0.4, -0.2) is 53.7 Å². The average Bonchev–Trinajstić information content (AvgIpc) is 3.64. The molecule has 5 rings (SSSR count). The first-order chi connectivity index (χ1) is 16.7. The van der Waals surface area contributed by atoms with Crippen molar-refractivity contribution in [2.75, 3.05) is 13.1 Å². The van der Waals surface area contributed by atoms with Gasteiger partial charge in [0.15, 0.2) is 5.76 Å². The summed E-state index contributed by atoms with van der Waals surface area (Å²) in [6.45, 7) is 3.96. The summed E-state index contributed by atoms with van der Waals surface area (Å²) >= 11 is 0. The van der Waals surface area contributed by atoms with Crippen molar-refractivity contribution < 1.29 is 9.21 Å². The number of piperidine rings is 1. The monoisotopic (exact) mass is 460 g/mol.